The van der Waals surface area contributed by atoms with Gasteiger partial charge in [0.05, 0.1) is 0 Å². The van der Waals surface area contributed by atoms with Gasteiger partial charge in [0.2, 0.25) is 0 Å². The van der Waals surface area contributed by atoms with Gasteiger partial charge in [0, 0.05) is 17.2 Å². The predicted octanol–water partition coefficient (Wildman–Crippen LogP) is 4.46. The minimum Gasteiger partial charge on any atom is -0.458 e. The number of rotatable bonds is 6. The van der Waals surface area contributed by atoms with Crippen LogP contribution in [-0.4, -0.2) is 18.4 Å². The number of ether oxygens (including phenoxy) is 1. The van der Waals surface area contributed by atoms with Crippen LogP contribution < -0.4 is 0 Å². The molecule has 0 saturated carbocycles. The van der Waals surface area contributed by atoms with Crippen LogP contribution in [0.4, 0.5) is 0 Å². The van der Waals surface area contributed by atoms with E-state index in [0.29, 0.717) is 16.7 Å². The predicted molar refractivity (Wildman–Crippen MR) is 95.6 cm³/mol. The fourth-order valence-corrected chi connectivity index (χ4v) is 2.09. The number of ketones is 1. The topological polar surface area (TPSA) is 43.4 Å². The Morgan fingerprint density at radius 1 is 0.875 bits per heavy atom. The zero-order valence-corrected chi connectivity index (χ0v) is 13.9. The van der Waals surface area contributed by atoms with Crippen LogP contribution in [0.25, 0.3) is 5.57 Å². The molecule has 24 heavy (non-hydrogen) atoms. The quantitative estimate of drug-likeness (QED) is 0.341. The number of carbonyl (C=O) groups is 2. The van der Waals surface area contributed by atoms with Gasteiger partial charge in [-0.15, -0.1) is 0 Å². The fraction of sp³-hybridized carbons (Fsp3) is 0.143. The molecule has 2 rings (SSSR count). The maximum atomic E-state index is 12.8. The van der Waals surface area contributed by atoms with Gasteiger partial charge in [0.15, 0.2) is 5.78 Å². The minimum atomic E-state index is -0.532. The van der Waals surface area contributed by atoms with E-state index in [-0.39, 0.29) is 12.4 Å². The molecule has 0 saturated heterocycles. The first-order chi connectivity index (χ1) is 11.6. The molecule has 0 aliphatic heterocycles. The molecule has 2 aromatic rings. The van der Waals surface area contributed by atoms with Crippen molar-refractivity contribution in [2.75, 3.05) is 6.61 Å². The Labute approximate surface area is 142 Å². The van der Waals surface area contributed by atoms with Crippen molar-refractivity contribution in [1.29, 1.82) is 0 Å². The Kier molecular flexibility index (Phi) is 6.26. The minimum absolute atomic E-state index is 0.194. The molecule has 0 atom stereocenters. The average molecular weight is 320 g/mol. The Morgan fingerprint density at radius 3 is 1.96 bits per heavy atom. The van der Waals surface area contributed by atoms with Gasteiger partial charge < -0.3 is 4.74 Å². The van der Waals surface area contributed by atoms with Gasteiger partial charge in [-0.25, -0.2) is 4.79 Å². The Bertz CT molecular complexity index is 752. The number of Topliss-reactive ketones (excluding diaryl/α,β-unsaturated/α-hetero) is 1. The Hall–Kier alpha value is -2.94. The standard InChI is InChI=1S/C21H20O3/c1-16(2)13-14-24-20(22)15-19(17-9-5-3-6-10-17)21(23)18-11-7-4-8-12-18/h3-13,15H,14H2,1-2H3/b19-15-. The van der Waals surface area contributed by atoms with Gasteiger partial charge in [-0.05, 0) is 25.5 Å². The molecular weight excluding hydrogens is 300 g/mol. The molecular formula is C21H20O3. The number of hydrogen-bond donors (Lipinski definition) is 0. The lowest BCUT2D eigenvalue weighted by Gasteiger charge is -2.07. The van der Waals surface area contributed by atoms with E-state index in [1.807, 2.05) is 44.2 Å². The van der Waals surface area contributed by atoms with Gasteiger partial charge in [0.25, 0.3) is 0 Å². The van der Waals surface area contributed by atoms with E-state index >= 15 is 0 Å². The average Bonchev–Trinajstić information content (AvgIpc) is 2.60. The molecule has 0 spiro atoms. The highest BCUT2D eigenvalue weighted by Crippen LogP contribution is 2.20. The molecule has 0 aliphatic rings. The lowest BCUT2D eigenvalue weighted by Crippen LogP contribution is -2.08. The Morgan fingerprint density at radius 2 is 1.42 bits per heavy atom. The van der Waals surface area contributed by atoms with Crippen molar-refractivity contribution in [3.05, 3.63) is 89.5 Å². The largest absolute Gasteiger partial charge is 0.458 e. The van der Waals surface area contributed by atoms with Crippen LogP contribution >= 0.6 is 0 Å². The Balaban J connectivity index is 2.30. The zero-order valence-electron chi connectivity index (χ0n) is 13.9. The van der Waals surface area contributed by atoms with E-state index in [1.165, 1.54) is 6.08 Å². The first-order valence-electron chi connectivity index (χ1n) is 7.75. The van der Waals surface area contributed by atoms with Crippen molar-refractivity contribution < 1.29 is 14.3 Å². The van der Waals surface area contributed by atoms with Crippen molar-refractivity contribution in [2.24, 2.45) is 0 Å². The van der Waals surface area contributed by atoms with Gasteiger partial charge in [0.1, 0.15) is 6.61 Å². The first-order valence-corrected chi connectivity index (χ1v) is 7.75. The number of allylic oxidation sites excluding steroid dienone is 2. The van der Waals surface area contributed by atoms with Crippen molar-refractivity contribution >= 4 is 17.3 Å². The van der Waals surface area contributed by atoms with Gasteiger partial charge >= 0.3 is 5.97 Å². The van der Waals surface area contributed by atoms with Crippen molar-refractivity contribution in [1.82, 2.24) is 0 Å². The van der Waals surface area contributed by atoms with E-state index in [0.717, 1.165) is 5.57 Å². The van der Waals surface area contributed by atoms with Crippen LogP contribution in [-0.2, 0) is 9.53 Å². The van der Waals surface area contributed by atoms with E-state index < -0.39 is 5.97 Å². The van der Waals surface area contributed by atoms with Crippen molar-refractivity contribution in [2.45, 2.75) is 13.8 Å². The van der Waals surface area contributed by atoms with Crippen LogP contribution in [0.2, 0.25) is 0 Å². The molecule has 0 radical (unpaired) electrons. The molecule has 0 aromatic heterocycles. The first kappa shape index (κ1) is 17.4. The molecule has 0 aliphatic carbocycles. The summed E-state index contributed by atoms with van der Waals surface area (Å²) in [7, 11) is 0. The van der Waals surface area contributed by atoms with Crippen LogP contribution in [0.1, 0.15) is 29.8 Å². The molecule has 3 nitrogen and oxygen atoms in total. The molecule has 0 amide bonds. The van der Waals surface area contributed by atoms with E-state index in [1.54, 1.807) is 36.4 Å². The van der Waals surface area contributed by atoms with Crippen LogP contribution in [0, 0.1) is 0 Å². The van der Waals surface area contributed by atoms with Crippen molar-refractivity contribution in [3.8, 4) is 0 Å². The summed E-state index contributed by atoms with van der Waals surface area (Å²) in [6, 6.07) is 18.0. The van der Waals surface area contributed by atoms with E-state index in [2.05, 4.69) is 0 Å². The second-order valence-electron chi connectivity index (χ2n) is 5.53. The third-order valence-electron chi connectivity index (χ3n) is 3.34. The van der Waals surface area contributed by atoms with Gasteiger partial charge in [-0.1, -0.05) is 66.2 Å². The summed E-state index contributed by atoms with van der Waals surface area (Å²) < 4.78 is 5.15. The van der Waals surface area contributed by atoms with Gasteiger partial charge in [-0.2, -0.15) is 0 Å². The SMILES string of the molecule is CC(C)=CCOC(=O)/C=C(\C(=O)c1ccccc1)c1ccccc1. The number of benzene rings is 2. The molecule has 0 fully saturated rings. The summed E-state index contributed by atoms with van der Waals surface area (Å²) in [4.78, 5) is 24.8. The monoisotopic (exact) mass is 320 g/mol. The summed E-state index contributed by atoms with van der Waals surface area (Å²) in [5, 5.41) is 0. The fourth-order valence-electron chi connectivity index (χ4n) is 2.09. The summed E-state index contributed by atoms with van der Waals surface area (Å²) >= 11 is 0. The maximum Gasteiger partial charge on any atom is 0.331 e. The number of carbonyl (C=O) groups excluding carboxylic acids is 2. The van der Waals surface area contributed by atoms with E-state index in [9.17, 15) is 9.59 Å². The summed E-state index contributed by atoms with van der Waals surface area (Å²) in [6.45, 7) is 4.05. The lowest BCUT2D eigenvalue weighted by atomic mass is 9.96. The summed E-state index contributed by atoms with van der Waals surface area (Å²) in [6.07, 6.45) is 3.08. The lowest BCUT2D eigenvalue weighted by molar-refractivity contribution is -0.136. The third kappa shape index (κ3) is 5.06. The number of esters is 1. The molecule has 3 heteroatoms. The number of hydrogen-bond acceptors (Lipinski definition) is 3. The highest BCUT2D eigenvalue weighted by atomic mass is 16.5. The molecule has 2 aromatic carbocycles. The maximum absolute atomic E-state index is 12.8. The summed E-state index contributed by atoms with van der Waals surface area (Å²) in [5.41, 5.74) is 2.61. The molecule has 0 unspecified atom stereocenters. The highest BCUT2D eigenvalue weighted by molar-refractivity contribution is 6.31. The molecule has 0 bridgehead atoms. The molecule has 0 heterocycles. The molecule has 0 N–H and O–H groups in total. The summed E-state index contributed by atoms with van der Waals surface area (Å²) in [5.74, 6) is -0.739. The van der Waals surface area contributed by atoms with Crippen molar-refractivity contribution in [3.63, 3.8) is 0 Å². The molecule has 122 valence electrons. The second-order valence-corrected chi connectivity index (χ2v) is 5.53. The van der Waals surface area contributed by atoms with Gasteiger partial charge in [-0.3, -0.25) is 4.79 Å². The van der Waals surface area contributed by atoms with Crippen LogP contribution in [0.3, 0.4) is 0 Å². The zero-order chi connectivity index (χ0) is 17.4. The van der Waals surface area contributed by atoms with Crippen LogP contribution in [0.5, 0.6) is 0 Å². The smallest absolute Gasteiger partial charge is 0.331 e. The highest BCUT2D eigenvalue weighted by Gasteiger charge is 2.16. The van der Waals surface area contributed by atoms with E-state index in [4.69, 9.17) is 4.74 Å². The second kappa shape index (κ2) is 8.63. The third-order valence-corrected chi connectivity index (χ3v) is 3.34. The van der Waals surface area contributed by atoms with Crippen LogP contribution in [0.15, 0.2) is 78.4 Å². The normalized spacial score (nSPS) is 10.8.